The van der Waals surface area contributed by atoms with E-state index in [0.29, 0.717) is 18.5 Å². The minimum absolute atomic E-state index is 0.0954. The molecule has 37 heavy (non-hydrogen) atoms. The topological polar surface area (TPSA) is 69.5 Å². The SMILES string of the molecule is N#Cc1ncc(N2C(=O)C3(CCC3)N(c3ccc(OC4C[C@H]5CC[C@@H](C4)C5)cc3)C2=S)cc1C(F)(F)F. The minimum Gasteiger partial charge on any atom is -0.490 e. The van der Waals surface area contributed by atoms with Gasteiger partial charge in [-0.15, -0.1) is 0 Å². The number of hydrogen-bond acceptors (Lipinski definition) is 5. The maximum absolute atomic E-state index is 13.6. The van der Waals surface area contributed by atoms with Gasteiger partial charge in [-0.2, -0.15) is 18.4 Å². The lowest BCUT2D eigenvalue weighted by Crippen LogP contribution is -2.55. The van der Waals surface area contributed by atoms with Crippen molar-refractivity contribution in [3.63, 3.8) is 0 Å². The second-order valence-electron chi connectivity index (χ2n) is 10.6. The molecule has 4 aliphatic rings. The zero-order valence-electron chi connectivity index (χ0n) is 20.0. The van der Waals surface area contributed by atoms with Crippen LogP contribution in [0.3, 0.4) is 0 Å². The molecule has 3 saturated carbocycles. The number of benzene rings is 1. The van der Waals surface area contributed by atoms with E-state index in [0.717, 1.165) is 54.0 Å². The molecular formula is C27H25F3N4O2S. The molecule has 2 aromatic rings. The predicted molar refractivity (Wildman–Crippen MR) is 134 cm³/mol. The number of anilines is 2. The lowest BCUT2D eigenvalue weighted by Gasteiger charge is -2.43. The van der Waals surface area contributed by atoms with Crippen molar-refractivity contribution >= 4 is 34.6 Å². The van der Waals surface area contributed by atoms with E-state index < -0.39 is 23.0 Å². The molecule has 2 bridgehead atoms. The summed E-state index contributed by atoms with van der Waals surface area (Å²) in [5.74, 6) is 1.91. The van der Waals surface area contributed by atoms with Gasteiger partial charge in [-0.3, -0.25) is 9.69 Å². The van der Waals surface area contributed by atoms with Crippen molar-refractivity contribution in [3.8, 4) is 11.8 Å². The van der Waals surface area contributed by atoms with Crippen LogP contribution in [0, 0.1) is 23.2 Å². The van der Waals surface area contributed by atoms with Gasteiger partial charge in [0.1, 0.15) is 17.4 Å². The van der Waals surface area contributed by atoms with Crippen LogP contribution in [0.2, 0.25) is 0 Å². The molecule has 6 rings (SSSR count). The molecule has 6 nitrogen and oxygen atoms in total. The molecule has 192 valence electrons. The Balaban J connectivity index is 1.28. The number of carbonyl (C=O) groups is 1. The van der Waals surface area contributed by atoms with Crippen molar-refractivity contribution in [1.29, 1.82) is 5.26 Å². The first-order valence-corrected chi connectivity index (χ1v) is 13.0. The molecule has 1 aliphatic heterocycles. The highest BCUT2D eigenvalue weighted by Gasteiger charge is 2.59. The van der Waals surface area contributed by atoms with Crippen molar-refractivity contribution in [3.05, 3.63) is 47.8 Å². The highest BCUT2D eigenvalue weighted by molar-refractivity contribution is 7.81. The van der Waals surface area contributed by atoms with Crippen molar-refractivity contribution in [2.45, 2.75) is 69.2 Å². The van der Waals surface area contributed by atoms with Crippen LogP contribution < -0.4 is 14.5 Å². The van der Waals surface area contributed by atoms with Crippen molar-refractivity contribution < 1.29 is 22.7 Å². The number of fused-ring (bicyclic) bond motifs is 2. The smallest absolute Gasteiger partial charge is 0.419 e. The van der Waals surface area contributed by atoms with Gasteiger partial charge in [-0.05, 0) is 92.9 Å². The summed E-state index contributed by atoms with van der Waals surface area (Å²) in [6, 6.07) is 9.70. The predicted octanol–water partition coefficient (Wildman–Crippen LogP) is 5.99. The summed E-state index contributed by atoms with van der Waals surface area (Å²) in [4.78, 5) is 20.2. The number of aromatic nitrogens is 1. The zero-order chi connectivity index (χ0) is 25.9. The number of amides is 1. The number of rotatable bonds is 4. The van der Waals surface area contributed by atoms with Crippen LogP contribution in [0.1, 0.15) is 62.6 Å². The van der Waals surface area contributed by atoms with Crippen LogP contribution in [0.15, 0.2) is 36.5 Å². The molecule has 0 N–H and O–H groups in total. The molecule has 1 aromatic carbocycles. The first-order valence-electron chi connectivity index (χ1n) is 12.6. The fourth-order valence-corrected chi connectivity index (χ4v) is 6.97. The Morgan fingerprint density at radius 2 is 1.76 bits per heavy atom. The summed E-state index contributed by atoms with van der Waals surface area (Å²) in [7, 11) is 0. The van der Waals surface area contributed by atoms with Crippen molar-refractivity contribution in [2.24, 2.45) is 11.8 Å². The summed E-state index contributed by atoms with van der Waals surface area (Å²) in [5.41, 5.74) is -2.28. The first-order chi connectivity index (χ1) is 17.7. The van der Waals surface area contributed by atoms with E-state index in [-0.39, 0.29) is 22.8 Å². The van der Waals surface area contributed by atoms with E-state index in [1.165, 1.54) is 25.3 Å². The van der Waals surface area contributed by atoms with Crippen LogP contribution in [-0.2, 0) is 11.0 Å². The third kappa shape index (κ3) is 3.95. The number of nitrogens with zero attached hydrogens (tertiary/aromatic N) is 4. The summed E-state index contributed by atoms with van der Waals surface area (Å²) >= 11 is 5.67. The summed E-state index contributed by atoms with van der Waals surface area (Å²) in [5, 5.41) is 9.18. The van der Waals surface area contributed by atoms with Gasteiger partial charge in [-0.25, -0.2) is 4.98 Å². The average molecular weight is 527 g/mol. The quantitative estimate of drug-likeness (QED) is 0.456. The third-order valence-electron chi connectivity index (χ3n) is 8.38. The van der Waals surface area contributed by atoms with Crippen LogP contribution in [0.4, 0.5) is 24.5 Å². The maximum atomic E-state index is 13.6. The minimum atomic E-state index is -4.79. The molecule has 3 aliphatic carbocycles. The number of pyridine rings is 1. The molecule has 2 heterocycles. The van der Waals surface area contributed by atoms with E-state index in [9.17, 15) is 18.0 Å². The number of halogens is 3. The Hall–Kier alpha value is -3.19. The monoisotopic (exact) mass is 526 g/mol. The van der Waals surface area contributed by atoms with Crippen molar-refractivity contribution in [1.82, 2.24) is 4.98 Å². The molecule has 1 unspecified atom stereocenters. The first kappa shape index (κ1) is 24.2. The van der Waals surface area contributed by atoms with Crippen LogP contribution in [0.5, 0.6) is 5.75 Å². The molecule has 1 amide bonds. The summed E-state index contributed by atoms with van der Waals surface area (Å²) in [6.45, 7) is 0. The Kier molecular flexibility index (Phi) is 5.68. The number of hydrogen-bond donors (Lipinski definition) is 0. The number of alkyl halides is 3. The van der Waals surface area contributed by atoms with Gasteiger partial charge in [0.2, 0.25) is 0 Å². The van der Waals surface area contributed by atoms with Crippen LogP contribution in [-0.4, -0.2) is 27.6 Å². The van der Waals surface area contributed by atoms with Gasteiger partial charge < -0.3 is 9.64 Å². The summed E-state index contributed by atoms with van der Waals surface area (Å²) in [6.07, 6.45) is 4.49. The Morgan fingerprint density at radius 1 is 1.08 bits per heavy atom. The van der Waals surface area contributed by atoms with Crippen molar-refractivity contribution in [2.75, 3.05) is 9.80 Å². The second kappa shape index (κ2) is 8.69. The largest absolute Gasteiger partial charge is 0.490 e. The van der Waals surface area contributed by atoms with Gasteiger partial charge in [0.05, 0.1) is 23.6 Å². The lowest BCUT2D eigenvalue weighted by molar-refractivity contribution is -0.138. The molecule has 3 atom stereocenters. The lowest BCUT2D eigenvalue weighted by atomic mass is 9.75. The normalized spacial score (nSPS) is 26.4. The average Bonchev–Trinajstić information content (AvgIpc) is 3.30. The van der Waals surface area contributed by atoms with Crippen LogP contribution in [0.25, 0.3) is 0 Å². The fourth-order valence-electron chi connectivity index (χ4n) is 6.50. The van der Waals surface area contributed by atoms with E-state index in [2.05, 4.69) is 4.98 Å². The Labute approximate surface area is 218 Å². The highest BCUT2D eigenvalue weighted by Crippen LogP contribution is 2.49. The molecular weight excluding hydrogens is 501 g/mol. The fraction of sp³-hybridized carbons (Fsp3) is 0.481. The van der Waals surface area contributed by atoms with E-state index in [4.69, 9.17) is 22.2 Å². The van der Waals surface area contributed by atoms with E-state index in [1.807, 2.05) is 24.3 Å². The standard InChI is InChI=1S/C27H25F3N4O2S/c28-27(29,30)22-13-19(15-32-23(22)14-31)33-24(35)26(8-1-9-26)34(25(33)37)18-4-6-20(7-5-18)36-21-11-16-2-3-17(10-16)12-21/h4-7,13,15-17,21H,1-3,8-12H2/t16-,17+,21?. The number of thiocarbonyl (C=S) groups is 1. The van der Waals surface area contributed by atoms with Gasteiger partial charge in [0.15, 0.2) is 10.8 Å². The van der Waals surface area contributed by atoms with Gasteiger partial charge in [0, 0.05) is 5.69 Å². The van der Waals surface area contributed by atoms with E-state index >= 15 is 0 Å². The number of ether oxygens (including phenoxy) is 1. The molecule has 1 aromatic heterocycles. The molecule has 1 spiro atoms. The van der Waals surface area contributed by atoms with Gasteiger partial charge >= 0.3 is 6.18 Å². The van der Waals surface area contributed by atoms with Gasteiger partial charge in [-0.1, -0.05) is 12.8 Å². The molecule has 0 radical (unpaired) electrons. The van der Waals surface area contributed by atoms with E-state index in [1.54, 1.807) is 4.90 Å². The Bertz CT molecular complexity index is 1290. The molecule has 4 fully saturated rings. The number of carbonyl (C=O) groups excluding carboxylic acids is 1. The third-order valence-corrected chi connectivity index (χ3v) is 8.74. The molecule has 10 heteroatoms. The van der Waals surface area contributed by atoms with Gasteiger partial charge in [0.25, 0.3) is 5.91 Å². The van der Waals surface area contributed by atoms with Crippen LogP contribution >= 0.6 is 12.2 Å². The number of nitriles is 1. The Morgan fingerprint density at radius 3 is 2.32 bits per heavy atom. The molecule has 1 saturated heterocycles. The second-order valence-corrected chi connectivity index (χ2v) is 11.0. The maximum Gasteiger partial charge on any atom is 0.419 e. The highest BCUT2D eigenvalue weighted by atomic mass is 32.1. The zero-order valence-corrected chi connectivity index (χ0v) is 20.8. The summed E-state index contributed by atoms with van der Waals surface area (Å²) < 4.78 is 47.0.